The molecule has 4 aliphatic rings. The summed E-state index contributed by atoms with van der Waals surface area (Å²) >= 11 is 0. The number of rotatable bonds is 6. The van der Waals surface area contributed by atoms with E-state index in [9.17, 15) is 4.79 Å². The Bertz CT molecular complexity index is 1220. The summed E-state index contributed by atoms with van der Waals surface area (Å²) < 4.78 is 5.66. The van der Waals surface area contributed by atoms with Crippen molar-refractivity contribution < 1.29 is 9.53 Å². The molecule has 3 fully saturated rings. The SMILES string of the molecule is CC(=O)O[C@H]1CC[C@@]2(C)C(=CC[C@H]3[C@@H]4CC[C@H]([C@@H](C)CC=C(c5ccccc5)c5ccccc5)[C@@]4(C)CC[C@@H]32)C1. The largest absolute Gasteiger partial charge is 0.462 e. The Balaban J connectivity index is 1.20. The van der Waals surface area contributed by atoms with E-state index < -0.39 is 0 Å². The molecule has 0 heterocycles. The van der Waals surface area contributed by atoms with Gasteiger partial charge >= 0.3 is 5.97 Å². The molecular weight excluding hydrogens is 488 g/mol. The average Bonchev–Trinajstić information content (AvgIpc) is 3.31. The van der Waals surface area contributed by atoms with E-state index in [0.29, 0.717) is 16.7 Å². The van der Waals surface area contributed by atoms with Crippen molar-refractivity contribution in [2.75, 3.05) is 0 Å². The molecule has 2 nitrogen and oxygen atoms in total. The van der Waals surface area contributed by atoms with Crippen LogP contribution in [0, 0.1) is 40.4 Å². The van der Waals surface area contributed by atoms with Gasteiger partial charge in [0.15, 0.2) is 0 Å². The number of carbonyl (C=O) groups is 1. The molecule has 0 saturated heterocycles. The standard InChI is InChI=1S/C38H48O2/c1-26(15-17-32(28-11-7-5-8-12-28)29-13-9-6-10-14-29)34-19-20-35-33-18-16-30-25-31(40-27(2)39)21-23-37(30,3)36(33)22-24-38(34,35)4/h5-14,16-17,26,31,33-36H,15,18-25H2,1-4H3/t26-,31-,33-,34+,35-,36-,37-,38+/m0/s1. The van der Waals surface area contributed by atoms with Crippen molar-refractivity contribution in [2.45, 2.75) is 91.6 Å². The van der Waals surface area contributed by atoms with Gasteiger partial charge in [0.1, 0.15) is 6.10 Å². The molecule has 0 radical (unpaired) electrons. The summed E-state index contributed by atoms with van der Waals surface area (Å²) in [5.41, 5.74) is 6.35. The predicted molar refractivity (Wildman–Crippen MR) is 164 cm³/mol. The highest BCUT2D eigenvalue weighted by Gasteiger charge is 2.59. The predicted octanol–water partition coefficient (Wildman–Crippen LogP) is 9.66. The van der Waals surface area contributed by atoms with Gasteiger partial charge in [-0.3, -0.25) is 4.79 Å². The van der Waals surface area contributed by atoms with Crippen LogP contribution in [0.3, 0.4) is 0 Å². The third-order valence-corrected chi connectivity index (χ3v) is 12.0. The van der Waals surface area contributed by atoms with Crippen molar-refractivity contribution >= 4 is 11.5 Å². The number of allylic oxidation sites excluding steroid dienone is 2. The van der Waals surface area contributed by atoms with Crippen LogP contribution in [0.2, 0.25) is 0 Å². The van der Waals surface area contributed by atoms with E-state index >= 15 is 0 Å². The average molecular weight is 537 g/mol. The van der Waals surface area contributed by atoms with E-state index in [2.05, 4.69) is 93.6 Å². The maximum absolute atomic E-state index is 11.6. The van der Waals surface area contributed by atoms with Crippen LogP contribution in [0.25, 0.3) is 5.57 Å². The second-order valence-electron chi connectivity index (χ2n) is 14.0. The molecule has 40 heavy (non-hydrogen) atoms. The highest BCUT2D eigenvalue weighted by Crippen LogP contribution is 2.67. The second kappa shape index (κ2) is 11.0. The normalized spacial score (nSPS) is 35.4. The van der Waals surface area contributed by atoms with Gasteiger partial charge in [-0.05, 0) is 108 Å². The molecule has 0 N–H and O–H groups in total. The molecule has 0 unspecified atom stereocenters. The van der Waals surface area contributed by atoms with Gasteiger partial charge in [0.25, 0.3) is 0 Å². The third kappa shape index (κ3) is 4.90. The lowest BCUT2D eigenvalue weighted by atomic mass is 9.47. The molecule has 2 aromatic rings. The lowest BCUT2D eigenvalue weighted by Gasteiger charge is -2.58. The Kier molecular flexibility index (Phi) is 7.57. The van der Waals surface area contributed by atoms with Crippen LogP contribution in [0.15, 0.2) is 78.4 Å². The van der Waals surface area contributed by atoms with Crippen molar-refractivity contribution in [1.29, 1.82) is 0 Å². The number of fused-ring (bicyclic) bond motifs is 5. The van der Waals surface area contributed by atoms with E-state index in [0.717, 1.165) is 42.9 Å². The molecule has 6 rings (SSSR count). The summed E-state index contributed by atoms with van der Waals surface area (Å²) in [5.74, 6) is 3.79. The Labute approximate surface area is 242 Å². The minimum atomic E-state index is -0.128. The molecule has 212 valence electrons. The summed E-state index contributed by atoms with van der Waals surface area (Å²) in [7, 11) is 0. The van der Waals surface area contributed by atoms with E-state index in [1.54, 1.807) is 12.5 Å². The van der Waals surface area contributed by atoms with Crippen LogP contribution in [-0.4, -0.2) is 12.1 Å². The second-order valence-corrected chi connectivity index (χ2v) is 14.0. The minimum absolute atomic E-state index is 0.0867. The zero-order chi connectivity index (χ0) is 27.9. The van der Waals surface area contributed by atoms with Gasteiger partial charge in [-0.25, -0.2) is 0 Å². The third-order valence-electron chi connectivity index (χ3n) is 12.0. The summed E-state index contributed by atoms with van der Waals surface area (Å²) in [6, 6.07) is 21.9. The highest BCUT2D eigenvalue weighted by atomic mass is 16.5. The number of hydrogen-bond acceptors (Lipinski definition) is 2. The molecule has 0 aromatic heterocycles. The fourth-order valence-corrected chi connectivity index (χ4v) is 10.0. The van der Waals surface area contributed by atoms with E-state index in [1.165, 1.54) is 55.2 Å². The lowest BCUT2D eigenvalue weighted by Crippen LogP contribution is -2.51. The first-order chi connectivity index (χ1) is 19.3. The van der Waals surface area contributed by atoms with Gasteiger partial charge in [-0.2, -0.15) is 0 Å². The van der Waals surface area contributed by atoms with Gasteiger partial charge in [0.05, 0.1) is 0 Å². The quantitative estimate of drug-likeness (QED) is 0.271. The maximum Gasteiger partial charge on any atom is 0.302 e. The Morgan fingerprint density at radius 1 is 0.925 bits per heavy atom. The van der Waals surface area contributed by atoms with E-state index in [-0.39, 0.29) is 12.1 Å². The van der Waals surface area contributed by atoms with Crippen molar-refractivity contribution in [3.8, 4) is 0 Å². The zero-order valence-electron chi connectivity index (χ0n) is 25.1. The van der Waals surface area contributed by atoms with Crippen molar-refractivity contribution in [1.82, 2.24) is 0 Å². The molecule has 0 bridgehead atoms. The minimum Gasteiger partial charge on any atom is -0.462 e. The first-order valence-corrected chi connectivity index (χ1v) is 16.0. The van der Waals surface area contributed by atoms with Crippen molar-refractivity contribution in [2.24, 2.45) is 40.4 Å². The molecular formula is C38H48O2. The fourth-order valence-electron chi connectivity index (χ4n) is 10.0. The number of carbonyl (C=O) groups excluding carboxylic acids is 1. The van der Waals surface area contributed by atoms with Gasteiger partial charge in [-0.15, -0.1) is 0 Å². The number of benzene rings is 2. The first-order valence-electron chi connectivity index (χ1n) is 16.0. The van der Waals surface area contributed by atoms with Crippen molar-refractivity contribution in [3.05, 3.63) is 89.5 Å². The monoisotopic (exact) mass is 536 g/mol. The van der Waals surface area contributed by atoms with Crippen LogP contribution in [0.4, 0.5) is 0 Å². The van der Waals surface area contributed by atoms with Crippen LogP contribution in [0.1, 0.15) is 96.6 Å². The summed E-state index contributed by atoms with van der Waals surface area (Å²) in [4.78, 5) is 11.6. The fraction of sp³-hybridized carbons (Fsp3) is 0.553. The molecule has 0 aliphatic heterocycles. The van der Waals surface area contributed by atoms with Gasteiger partial charge < -0.3 is 4.74 Å². The van der Waals surface area contributed by atoms with E-state index in [1.807, 2.05) is 0 Å². The Morgan fingerprint density at radius 3 is 2.25 bits per heavy atom. The smallest absolute Gasteiger partial charge is 0.302 e. The molecule has 4 aliphatic carbocycles. The molecule has 0 spiro atoms. The van der Waals surface area contributed by atoms with Crippen LogP contribution >= 0.6 is 0 Å². The zero-order valence-corrected chi connectivity index (χ0v) is 25.1. The molecule has 2 aromatic carbocycles. The van der Waals surface area contributed by atoms with Gasteiger partial charge in [0, 0.05) is 13.3 Å². The van der Waals surface area contributed by atoms with Crippen LogP contribution < -0.4 is 0 Å². The summed E-state index contributed by atoms with van der Waals surface area (Å²) in [5, 5.41) is 0. The van der Waals surface area contributed by atoms with Crippen LogP contribution in [-0.2, 0) is 9.53 Å². The van der Waals surface area contributed by atoms with E-state index in [4.69, 9.17) is 4.74 Å². The topological polar surface area (TPSA) is 26.3 Å². The molecule has 2 heteroatoms. The number of ether oxygens (including phenoxy) is 1. The maximum atomic E-state index is 11.6. The van der Waals surface area contributed by atoms with Crippen LogP contribution in [0.5, 0.6) is 0 Å². The van der Waals surface area contributed by atoms with Crippen molar-refractivity contribution in [3.63, 3.8) is 0 Å². The first kappa shape index (κ1) is 27.6. The molecule has 8 atom stereocenters. The lowest BCUT2D eigenvalue weighted by molar-refractivity contribution is -0.148. The molecule has 3 saturated carbocycles. The number of hydrogen-bond donors (Lipinski definition) is 0. The Morgan fingerprint density at radius 2 is 1.60 bits per heavy atom. The molecule has 0 amide bonds. The summed E-state index contributed by atoms with van der Waals surface area (Å²) in [6.45, 7) is 9.31. The van der Waals surface area contributed by atoms with Gasteiger partial charge in [-0.1, -0.05) is 99.2 Å². The Hall–Kier alpha value is -2.61. The highest BCUT2D eigenvalue weighted by molar-refractivity contribution is 5.79. The summed E-state index contributed by atoms with van der Waals surface area (Å²) in [6.07, 6.45) is 16.3. The number of esters is 1. The van der Waals surface area contributed by atoms with Gasteiger partial charge in [0.2, 0.25) is 0 Å².